The fraction of sp³-hybridized carbons (Fsp3) is 0.667. The van der Waals surface area contributed by atoms with Gasteiger partial charge in [-0.05, 0) is 64.7 Å². The highest BCUT2D eigenvalue weighted by Crippen LogP contribution is 2.29. The van der Waals surface area contributed by atoms with Crippen molar-refractivity contribution in [3.63, 3.8) is 0 Å². The Morgan fingerprint density at radius 3 is 1.84 bits per heavy atom. The first-order chi connectivity index (χ1) is 11.6. The number of hydrogen-bond acceptors (Lipinski definition) is 3. The summed E-state index contributed by atoms with van der Waals surface area (Å²) in [6.07, 6.45) is -1.87. The van der Waals surface area contributed by atoms with Gasteiger partial charge in [-0.15, -0.1) is 0 Å². The first-order valence-corrected chi connectivity index (χ1v) is 10.6. The van der Waals surface area contributed by atoms with Crippen LogP contribution in [-0.2, 0) is 25.9 Å². The topological polar surface area (TPSA) is 27.7 Å². The number of unbranched alkanes of at least 4 members (excludes halogenated alkanes) is 1. The molecule has 0 saturated carbocycles. The second kappa shape index (κ2) is 9.71. The van der Waals surface area contributed by atoms with Crippen molar-refractivity contribution in [2.75, 3.05) is 7.11 Å². The second-order valence-electron chi connectivity index (χ2n) is 6.62. The second-order valence-corrected chi connectivity index (χ2v) is 9.37. The maximum absolute atomic E-state index is 12.6. The molecule has 0 heterocycles. The Bertz CT molecular complexity index is 491. The third-order valence-electron chi connectivity index (χ3n) is 3.62. The standard InChI is InChI=1S/C18H29F3O3Si/c1-14(2)23-25(22-5,24-15(3)4)13-7-6-8-16-9-11-17(12-10-16)18(19,20)21/h9-12,14-15H,6-8,13H2,1-5H3. The van der Waals surface area contributed by atoms with Gasteiger partial charge in [-0.3, -0.25) is 0 Å². The lowest BCUT2D eigenvalue weighted by Gasteiger charge is -2.31. The number of halogens is 3. The van der Waals surface area contributed by atoms with Crippen molar-refractivity contribution < 1.29 is 26.4 Å². The van der Waals surface area contributed by atoms with Gasteiger partial charge >= 0.3 is 15.0 Å². The fourth-order valence-electron chi connectivity index (χ4n) is 2.59. The normalized spacial score (nSPS) is 13.0. The number of alkyl halides is 3. The average Bonchev–Trinajstić information content (AvgIpc) is 2.50. The molecule has 1 aromatic carbocycles. The van der Waals surface area contributed by atoms with Crippen LogP contribution in [0, 0.1) is 0 Å². The van der Waals surface area contributed by atoms with Crippen molar-refractivity contribution in [1.82, 2.24) is 0 Å². The lowest BCUT2D eigenvalue weighted by Crippen LogP contribution is -2.48. The average molecular weight is 379 g/mol. The monoisotopic (exact) mass is 378 g/mol. The molecule has 0 N–H and O–H groups in total. The van der Waals surface area contributed by atoms with Crippen LogP contribution < -0.4 is 0 Å². The number of rotatable bonds is 10. The Morgan fingerprint density at radius 2 is 1.44 bits per heavy atom. The van der Waals surface area contributed by atoms with Gasteiger partial charge in [0, 0.05) is 25.4 Å². The Hall–Kier alpha value is -0.893. The Morgan fingerprint density at radius 1 is 0.920 bits per heavy atom. The van der Waals surface area contributed by atoms with Gasteiger partial charge in [0.2, 0.25) is 0 Å². The summed E-state index contributed by atoms with van der Waals surface area (Å²) in [6, 6.07) is 6.04. The fourth-order valence-corrected chi connectivity index (χ4v) is 5.40. The van der Waals surface area contributed by atoms with E-state index in [2.05, 4.69) is 0 Å². The van der Waals surface area contributed by atoms with Gasteiger partial charge in [-0.2, -0.15) is 13.2 Å². The highest BCUT2D eigenvalue weighted by Gasteiger charge is 2.41. The molecule has 0 atom stereocenters. The summed E-state index contributed by atoms with van der Waals surface area (Å²) in [5.74, 6) is 0. The molecule has 0 radical (unpaired) electrons. The third-order valence-corrected chi connectivity index (χ3v) is 6.87. The van der Waals surface area contributed by atoms with E-state index in [0.717, 1.165) is 37.0 Å². The SMILES string of the molecule is CO[Si](CCCCc1ccc(C(F)(F)F)cc1)(OC(C)C)OC(C)C. The summed E-state index contributed by atoms with van der Waals surface area (Å²) in [6.45, 7) is 7.80. The summed E-state index contributed by atoms with van der Waals surface area (Å²) in [7, 11) is -1.10. The van der Waals surface area contributed by atoms with E-state index in [0.29, 0.717) is 6.04 Å². The summed E-state index contributed by atoms with van der Waals surface area (Å²) in [5.41, 5.74) is 0.282. The van der Waals surface area contributed by atoms with E-state index in [1.807, 2.05) is 27.7 Å². The molecule has 0 aromatic heterocycles. The van der Waals surface area contributed by atoms with Gasteiger partial charge in [0.1, 0.15) is 0 Å². The van der Waals surface area contributed by atoms with E-state index in [1.54, 1.807) is 19.2 Å². The molecule has 3 nitrogen and oxygen atoms in total. The highest BCUT2D eigenvalue weighted by molar-refractivity contribution is 6.60. The molecular formula is C18H29F3O3Si. The molecule has 144 valence electrons. The number of hydrogen-bond donors (Lipinski definition) is 0. The molecule has 0 spiro atoms. The molecule has 1 rings (SSSR count). The third kappa shape index (κ3) is 7.90. The van der Waals surface area contributed by atoms with E-state index in [4.69, 9.17) is 13.3 Å². The Kier molecular flexibility index (Phi) is 8.60. The van der Waals surface area contributed by atoms with Gasteiger partial charge in [0.15, 0.2) is 0 Å². The summed E-state index contributed by atoms with van der Waals surface area (Å²) in [4.78, 5) is 0. The first-order valence-electron chi connectivity index (χ1n) is 8.65. The van der Waals surface area contributed by atoms with Gasteiger partial charge in [0.25, 0.3) is 0 Å². The minimum Gasteiger partial charge on any atom is -0.377 e. The van der Waals surface area contributed by atoms with Gasteiger partial charge in [-0.1, -0.05) is 12.1 Å². The molecule has 0 amide bonds. The van der Waals surface area contributed by atoms with Crippen LogP contribution in [0.2, 0.25) is 6.04 Å². The molecule has 0 aliphatic carbocycles. The summed E-state index contributed by atoms with van der Waals surface area (Å²) >= 11 is 0. The smallest absolute Gasteiger partial charge is 0.377 e. The molecule has 0 bridgehead atoms. The van der Waals surface area contributed by atoms with Crippen LogP contribution in [0.5, 0.6) is 0 Å². The zero-order valence-electron chi connectivity index (χ0n) is 15.7. The zero-order chi connectivity index (χ0) is 19.1. The van der Waals surface area contributed by atoms with E-state index < -0.39 is 20.5 Å². The largest absolute Gasteiger partial charge is 0.501 e. The van der Waals surface area contributed by atoms with Gasteiger partial charge in [-0.25, -0.2) is 0 Å². The van der Waals surface area contributed by atoms with E-state index in [9.17, 15) is 13.2 Å². The van der Waals surface area contributed by atoms with Crippen LogP contribution in [0.1, 0.15) is 51.7 Å². The van der Waals surface area contributed by atoms with Crippen molar-refractivity contribution in [2.45, 2.75) is 71.4 Å². The van der Waals surface area contributed by atoms with Crippen molar-refractivity contribution in [3.05, 3.63) is 35.4 Å². The van der Waals surface area contributed by atoms with E-state index in [1.165, 1.54) is 0 Å². The van der Waals surface area contributed by atoms with Gasteiger partial charge in [0.05, 0.1) is 5.56 Å². The first kappa shape index (κ1) is 22.1. The van der Waals surface area contributed by atoms with Crippen molar-refractivity contribution >= 4 is 8.80 Å². The molecule has 0 saturated heterocycles. The van der Waals surface area contributed by atoms with Crippen LogP contribution in [0.3, 0.4) is 0 Å². The maximum atomic E-state index is 12.6. The summed E-state index contributed by atoms with van der Waals surface area (Å²) < 4.78 is 55.3. The van der Waals surface area contributed by atoms with Crippen LogP contribution in [0.15, 0.2) is 24.3 Å². The molecule has 25 heavy (non-hydrogen) atoms. The minimum absolute atomic E-state index is 0.0141. The molecular weight excluding hydrogens is 349 g/mol. The van der Waals surface area contributed by atoms with E-state index in [-0.39, 0.29) is 12.2 Å². The molecule has 0 fully saturated rings. The quantitative estimate of drug-likeness (QED) is 0.399. The van der Waals surface area contributed by atoms with Crippen molar-refractivity contribution in [2.24, 2.45) is 0 Å². The van der Waals surface area contributed by atoms with Crippen molar-refractivity contribution in [3.8, 4) is 0 Å². The number of benzene rings is 1. The number of aryl methyl sites for hydroxylation is 1. The lowest BCUT2D eigenvalue weighted by molar-refractivity contribution is -0.137. The Balaban J connectivity index is 2.55. The molecule has 0 aliphatic rings. The minimum atomic E-state index is -4.29. The molecule has 1 aromatic rings. The van der Waals surface area contributed by atoms with E-state index >= 15 is 0 Å². The maximum Gasteiger partial charge on any atom is 0.501 e. The Labute approximate surface area is 149 Å². The zero-order valence-corrected chi connectivity index (χ0v) is 16.7. The van der Waals surface area contributed by atoms with Crippen LogP contribution >= 0.6 is 0 Å². The molecule has 7 heteroatoms. The predicted octanol–water partition coefficient (Wildman–Crippen LogP) is 5.46. The molecule has 0 unspecified atom stereocenters. The van der Waals surface area contributed by atoms with Crippen LogP contribution in [-0.4, -0.2) is 28.1 Å². The van der Waals surface area contributed by atoms with Gasteiger partial charge < -0.3 is 13.3 Å². The van der Waals surface area contributed by atoms with Crippen LogP contribution in [0.4, 0.5) is 13.2 Å². The van der Waals surface area contributed by atoms with Crippen LogP contribution in [0.25, 0.3) is 0 Å². The highest BCUT2D eigenvalue weighted by atomic mass is 28.4. The van der Waals surface area contributed by atoms with Crippen molar-refractivity contribution in [1.29, 1.82) is 0 Å². The summed E-state index contributed by atoms with van der Waals surface area (Å²) in [5, 5.41) is 0. The lowest BCUT2D eigenvalue weighted by atomic mass is 10.1. The predicted molar refractivity (Wildman–Crippen MR) is 94.4 cm³/mol. The molecule has 0 aliphatic heterocycles.